The van der Waals surface area contributed by atoms with Crippen molar-refractivity contribution in [3.8, 4) is 11.5 Å². The molecule has 0 radical (unpaired) electrons. The van der Waals surface area contributed by atoms with Gasteiger partial charge in [0.1, 0.15) is 0 Å². The normalized spacial score (nSPS) is 22.6. The van der Waals surface area contributed by atoms with E-state index in [0.717, 1.165) is 24.5 Å². The molecule has 19 heavy (non-hydrogen) atoms. The number of methoxy groups -OCH3 is 1. The van der Waals surface area contributed by atoms with Gasteiger partial charge >= 0.3 is 0 Å². The van der Waals surface area contributed by atoms with Gasteiger partial charge in [-0.25, -0.2) is 0 Å². The number of nitrogens with one attached hydrogen (secondary N) is 1. The fourth-order valence-electron chi connectivity index (χ4n) is 2.45. The number of ether oxygens (including phenoxy) is 2. The SMILES string of the molecule is COc1cc(NC=O)ccc1OC1CCC(C)CC1. The minimum atomic E-state index is 0.273. The molecule has 1 amide bonds. The number of benzene rings is 1. The van der Waals surface area contributed by atoms with Gasteiger partial charge in [-0.15, -0.1) is 0 Å². The molecule has 1 aliphatic carbocycles. The van der Waals surface area contributed by atoms with E-state index in [-0.39, 0.29) is 6.10 Å². The summed E-state index contributed by atoms with van der Waals surface area (Å²) in [5.41, 5.74) is 0.705. The van der Waals surface area contributed by atoms with E-state index in [1.54, 1.807) is 13.2 Å². The molecule has 1 N–H and O–H groups in total. The second-order valence-corrected chi connectivity index (χ2v) is 5.13. The lowest BCUT2D eigenvalue weighted by atomic mass is 9.89. The van der Waals surface area contributed by atoms with Crippen LogP contribution in [-0.2, 0) is 4.79 Å². The predicted molar refractivity (Wildman–Crippen MR) is 74.7 cm³/mol. The second-order valence-electron chi connectivity index (χ2n) is 5.13. The summed E-state index contributed by atoms with van der Waals surface area (Å²) in [7, 11) is 1.61. The van der Waals surface area contributed by atoms with Crippen molar-refractivity contribution in [2.45, 2.75) is 38.7 Å². The van der Waals surface area contributed by atoms with Crippen LogP contribution >= 0.6 is 0 Å². The Labute approximate surface area is 114 Å². The Balaban J connectivity index is 2.04. The van der Waals surface area contributed by atoms with Gasteiger partial charge in [0.05, 0.1) is 13.2 Å². The van der Waals surface area contributed by atoms with E-state index >= 15 is 0 Å². The molecule has 4 nitrogen and oxygen atoms in total. The topological polar surface area (TPSA) is 47.6 Å². The molecular weight excluding hydrogens is 242 g/mol. The molecule has 1 fully saturated rings. The first kappa shape index (κ1) is 13.7. The van der Waals surface area contributed by atoms with Crippen LogP contribution in [0.5, 0.6) is 11.5 Å². The Morgan fingerprint density at radius 3 is 2.58 bits per heavy atom. The minimum absolute atomic E-state index is 0.273. The Morgan fingerprint density at radius 2 is 1.95 bits per heavy atom. The molecule has 0 aliphatic heterocycles. The van der Waals surface area contributed by atoms with Gasteiger partial charge < -0.3 is 14.8 Å². The largest absolute Gasteiger partial charge is 0.493 e. The lowest BCUT2D eigenvalue weighted by molar-refractivity contribution is -0.105. The summed E-state index contributed by atoms with van der Waals surface area (Å²) in [5.74, 6) is 2.21. The summed E-state index contributed by atoms with van der Waals surface area (Å²) < 4.78 is 11.3. The third kappa shape index (κ3) is 3.63. The molecule has 0 aromatic heterocycles. The number of anilines is 1. The van der Waals surface area contributed by atoms with Crippen molar-refractivity contribution in [2.75, 3.05) is 12.4 Å². The van der Waals surface area contributed by atoms with Crippen LogP contribution in [0.1, 0.15) is 32.6 Å². The molecule has 1 aromatic carbocycles. The molecule has 0 saturated heterocycles. The van der Waals surface area contributed by atoms with Gasteiger partial charge in [-0.05, 0) is 43.7 Å². The standard InChI is InChI=1S/C15H21NO3/c1-11-3-6-13(7-4-11)19-14-8-5-12(16-10-17)9-15(14)18-2/h5,8-11,13H,3-4,6-7H2,1-2H3,(H,16,17). The zero-order valence-corrected chi connectivity index (χ0v) is 11.5. The van der Waals surface area contributed by atoms with E-state index < -0.39 is 0 Å². The summed E-state index contributed by atoms with van der Waals surface area (Å²) in [6, 6.07) is 5.44. The first-order chi connectivity index (χ1) is 9.22. The summed E-state index contributed by atoms with van der Waals surface area (Å²) in [4.78, 5) is 10.4. The van der Waals surface area contributed by atoms with Crippen LogP contribution in [0.3, 0.4) is 0 Å². The maximum absolute atomic E-state index is 10.4. The summed E-state index contributed by atoms with van der Waals surface area (Å²) in [5, 5.41) is 2.60. The van der Waals surface area contributed by atoms with Crippen molar-refractivity contribution in [3.05, 3.63) is 18.2 Å². The highest BCUT2D eigenvalue weighted by Gasteiger charge is 2.20. The Kier molecular flexibility index (Phi) is 4.66. The van der Waals surface area contributed by atoms with Crippen LogP contribution in [0, 0.1) is 5.92 Å². The minimum Gasteiger partial charge on any atom is -0.493 e. The first-order valence-electron chi connectivity index (χ1n) is 6.77. The molecule has 0 heterocycles. The Bertz CT molecular complexity index is 425. The number of amides is 1. The van der Waals surface area contributed by atoms with Gasteiger partial charge in [-0.2, -0.15) is 0 Å². The first-order valence-corrected chi connectivity index (χ1v) is 6.77. The molecule has 2 rings (SSSR count). The molecule has 1 aliphatic rings. The van der Waals surface area contributed by atoms with Gasteiger partial charge in [0, 0.05) is 11.8 Å². The number of hydrogen-bond donors (Lipinski definition) is 1. The van der Waals surface area contributed by atoms with E-state index in [0.29, 0.717) is 17.8 Å². The number of hydrogen-bond acceptors (Lipinski definition) is 3. The second kappa shape index (κ2) is 6.45. The predicted octanol–water partition coefficient (Wildman–Crippen LogP) is 3.22. The maximum Gasteiger partial charge on any atom is 0.211 e. The lowest BCUT2D eigenvalue weighted by Crippen LogP contribution is -2.23. The lowest BCUT2D eigenvalue weighted by Gasteiger charge is -2.27. The van der Waals surface area contributed by atoms with E-state index in [9.17, 15) is 4.79 Å². The summed E-state index contributed by atoms with van der Waals surface area (Å²) in [6.07, 6.45) is 5.56. The van der Waals surface area contributed by atoms with Gasteiger partial charge in [0.15, 0.2) is 11.5 Å². The average Bonchev–Trinajstić information content (AvgIpc) is 2.43. The number of carbonyl (C=O) groups is 1. The zero-order valence-electron chi connectivity index (χ0n) is 11.5. The maximum atomic E-state index is 10.4. The smallest absolute Gasteiger partial charge is 0.211 e. The van der Waals surface area contributed by atoms with Gasteiger partial charge in [-0.1, -0.05) is 6.92 Å². The molecule has 0 spiro atoms. The van der Waals surface area contributed by atoms with E-state index in [1.807, 2.05) is 12.1 Å². The van der Waals surface area contributed by atoms with Crippen molar-refractivity contribution in [1.29, 1.82) is 0 Å². The molecule has 1 saturated carbocycles. The molecule has 104 valence electrons. The Morgan fingerprint density at radius 1 is 1.21 bits per heavy atom. The van der Waals surface area contributed by atoms with Crippen molar-refractivity contribution < 1.29 is 14.3 Å². The fraction of sp³-hybridized carbons (Fsp3) is 0.533. The highest BCUT2D eigenvalue weighted by molar-refractivity contribution is 5.72. The van der Waals surface area contributed by atoms with Crippen LogP contribution in [0.15, 0.2) is 18.2 Å². The van der Waals surface area contributed by atoms with Crippen molar-refractivity contribution >= 4 is 12.1 Å². The highest BCUT2D eigenvalue weighted by atomic mass is 16.5. The molecule has 0 atom stereocenters. The van der Waals surface area contributed by atoms with E-state index in [4.69, 9.17) is 9.47 Å². The van der Waals surface area contributed by atoms with Gasteiger partial charge in [0.25, 0.3) is 0 Å². The van der Waals surface area contributed by atoms with Crippen molar-refractivity contribution in [2.24, 2.45) is 5.92 Å². The summed E-state index contributed by atoms with van der Waals surface area (Å²) in [6.45, 7) is 2.29. The zero-order chi connectivity index (χ0) is 13.7. The van der Waals surface area contributed by atoms with Crippen LogP contribution in [-0.4, -0.2) is 19.6 Å². The van der Waals surface area contributed by atoms with Crippen LogP contribution < -0.4 is 14.8 Å². The van der Waals surface area contributed by atoms with Crippen molar-refractivity contribution in [3.63, 3.8) is 0 Å². The molecule has 4 heteroatoms. The molecule has 0 bridgehead atoms. The van der Waals surface area contributed by atoms with E-state index in [1.165, 1.54) is 12.8 Å². The van der Waals surface area contributed by atoms with Crippen molar-refractivity contribution in [1.82, 2.24) is 0 Å². The average molecular weight is 263 g/mol. The number of rotatable bonds is 5. The molecule has 1 aromatic rings. The molecule has 0 unspecified atom stereocenters. The molecular formula is C15H21NO3. The van der Waals surface area contributed by atoms with E-state index in [2.05, 4.69) is 12.2 Å². The number of carbonyl (C=O) groups excluding carboxylic acids is 1. The fourth-order valence-corrected chi connectivity index (χ4v) is 2.45. The van der Waals surface area contributed by atoms with Gasteiger partial charge in [0.2, 0.25) is 6.41 Å². The quantitative estimate of drug-likeness (QED) is 0.830. The third-order valence-electron chi connectivity index (χ3n) is 3.65. The van der Waals surface area contributed by atoms with Crippen LogP contribution in [0.4, 0.5) is 5.69 Å². The highest BCUT2D eigenvalue weighted by Crippen LogP contribution is 2.34. The summed E-state index contributed by atoms with van der Waals surface area (Å²) >= 11 is 0. The Hall–Kier alpha value is -1.71. The van der Waals surface area contributed by atoms with Crippen LogP contribution in [0.25, 0.3) is 0 Å². The monoisotopic (exact) mass is 263 g/mol. The van der Waals surface area contributed by atoms with Crippen LogP contribution in [0.2, 0.25) is 0 Å². The van der Waals surface area contributed by atoms with Gasteiger partial charge in [-0.3, -0.25) is 4.79 Å². The third-order valence-corrected chi connectivity index (χ3v) is 3.65.